The second-order valence-electron chi connectivity index (χ2n) is 8.58. The minimum absolute atomic E-state index is 0.0182. The lowest BCUT2D eigenvalue weighted by molar-refractivity contribution is 0.0736. The molecule has 1 N–H and O–H groups in total. The van der Waals surface area contributed by atoms with Crippen molar-refractivity contribution in [3.63, 3.8) is 0 Å². The summed E-state index contributed by atoms with van der Waals surface area (Å²) in [6.45, 7) is 3.33. The number of fused-ring (bicyclic) bond motifs is 2. The molecular weight excluding hydrogens is 812 g/mol. The maximum Gasteiger partial charge on any atom is 0.345 e. The molecule has 3 aromatic carbocycles. The molecule has 0 bridgehead atoms. The molecule has 1 aliphatic heterocycles. The number of rotatable bonds is 3. The molecule has 5 rings (SSSR count). The Morgan fingerprint density at radius 2 is 1.51 bits per heavy atom. The van der Waals surface area contributed by atoms with E-state index < -0.39 is 5.97 Å². The summed E-state index contributed by atoms with van der Waals surface area (Å²) in [5.74, 6) is -0.265. The van der Waals surface area contributed by atoms with Gasteiger partial charge in [0.05, 0.1) is 32.8 Å². The van der Waals surface area contributed by atoms with Crippen LogP contribution in [-0.2, 0) is 0 Å². The predicted molar refractivity (Wildman–Crippen MR) is 173 cm³/mol. The number of esters is 1. The minimum atomic E-state index is -0.819. The van der Waals surface area contributed by atoms with E-state index in [2.05, 4.69) is 0 Å². The third-order valence-corrected chi connectivity index (χ3v) is 9.69. The lowest BCUT2D eigenvalue weighted by Crippen LogP contribution is -2.14. The van der Waals surface area contributed by atoms with Gasteiger partial charge in [-0.3, -0.25) is 4.79 Å². The van der Waals surface area contributed by atoms with Gasteiger partial charge in [-0.2, -0.15) is 0 Å². The number of hydrogen-bond acceptors (Lipinski definition) is 5. The Labute approximate surface area is 269 Å². The van der Waals surface area contributed by atoms with E-state index in [1.807, 2.05) is 45.2 Å². The Kier molecular flexibility index (Phi) is 8.04. The zero-order chi connectivity index (χ0) is 28.3. The highest BCUT2D eigenvalue weighted by Crippen LogP contribution is 2.52. The Bertz CT molecular complexity index is 1870. The van der Waals surface area contributed by atoms with Crippen molar-refractivity contribution in [2.75, 3.05) is 0 Å². The first-order chi connectivity index (χ1) is 18.4. The summed E-state index contributed by atoms with van der Waals surface area (Å²) in [5, 5.41) is 10.8. The van der Waals surface area contributed by atoms with Crippen LogP contribution in [0, 0.1) is 21.0 Å². The summed E-state index contributed by atoms with van der Waals surface area (Å²) in [6.07, 6.45) is 0. The molecule has 39 heavy (non-hydrogen) atoms. The molecule has 5 nitrogen and oxygen atoms in total. The SMILES string of the molecule is Cc1c2oc3c(C)c(O)c(I)cc3c(-c3c(Cl)c(Cl)c(Cl)c(Cl)c3C(=O)Oc3ccccc3)c-2cc(I)c1=O. The molecule has 3 aromatic rings. The average Bonchev–Trinajstić information content (AvgIpc) is 2.91. The molecule has 0 atom stereocenters. The van der Waals surface area contributed by atoms with E-state index in [0.717, 1.165) is 0 Å². The molecule has 1 aliphatic carbocycles. The fourth-order valence-corrected chi connectivity index (χ4v) is 6.80. The van der Waals surface area contributed by atoms with Crippen LogP contribution >= 0.6 is 91.6 Å². The van der Waals surface area contributed by atoms with Crippen molar-refractivity contribution >= 4 is 109 Å². The monoisotopic (exact) mass is 824 g/mol. The second kappa shape index (κ2) is 10.9. The summed E-state index contributed by atoms with van der Waals surface area (Å²) in [5.41, 5.74) is 1.78. The standard InChI is InChI=1S/C28H14Cl4I2O5/c1-10-24(35)15(33)8-13-17(14-9-16(34)25(36)11(2)27(14)39-26(10)13)18-19(21(30)23(32)22(31)20(18)29)28(37)38-12-6-4-3-5-7-12/h3-9,35H,1-2H3. The van der Waals surface area contributed by atoms with Gasteiger partial charge in [0.25, 0.3) is 0 Å². The first-order valence-corrected chi connectivity index (χ1v) is 14.8. The molecule has 2 aliphatic rings. The number of phenolic OH excluding ortho intramolecular Hbond substituents is 1. The molecule has 0 fully saturated rings. The van der Waals surface area contributed by atoms with E-state index in [1.165, 1.54) is 0 Å². The van der Waals surface area contributed by atoms with Crippen molar-refractivity contribution < 1.29 is 19.1 Å². The van der Waals surface area contributed by atoms with Crippen LogP contribution in [0.5, 0.6) is 11.5 Å². The fraction of sp³-hybridized carbons (Fsp3) is 0.0714. The number of hydrogen-bond donors (Lipinski definition) is 1. The number of para-hydroxylation sites is 1. The van der Waals surface area contributed by atoms with E-state index in [1.54, 1.807) is 56.3 Å². The van der Waals surface area contributed by atoms with Gasteiger partial charge >= 0.3 is 5.97 Å². The number of carbonyl (C=O) groups excluding carboxylic acids is 1. The van der Waals surface area contributed by atoms with Crippen LogP contribution in [0.2, 0.25) is 20.1 Å². The number of benzene rings is 4. The smallest absolute Gasteiger partial charge is 0.345 e. The fourth-order valence-electron chi connectivity index (χ4n) is 4.35. The van der Waals surface area contributed by atoms with Gasteiger partial charge in [-0.25, -0.2) is 4.79 Å². The first kappa shape index (κ1) is 28.8. The lowest BCUT2D eigenvalue weighted by Gasteiger charge is -2.22. The molecule has 0 radical (unpaired) electrons. The quantitative estimate of drug-likeness (QED) is 0.0490. The number of carbonyl (C=O) groups is 1. The normalized spacial score (nSPS) is 11.4. The Morgan fingerprint density at radius 1 is 0.872 bits per heavy atom. The third-order valence-electron chi connectivity index (χ3n) is 6.27. The number of phenols is 1. The van der Waals surface area contributed by atoms with Crippen LogP contribution in [0.15, 0.2) is 51.7 Å². The maximum atomic E-state index is 13.7. The molecule has 0 spiro atoms. The van der Waals surface area contributed by atoms with Crippen molar-refractivity contribution in [2.45, 2.75) is 13.8 Å². The summed E-state index contributed by atoms with van der Waals surface area (Å²) >= 11 is 30.4. The summed E-state index contributed by atoms with van der Waals surface area (Å²) in [6, 6.07) is 11.8. The van der Waals surface area contributed by atoms with Crippen LogP contribution in [0.25, 0.3) is 33.4 Å². The van der Waals surface area contributed by atoms with Crippen LogP contribution in [0.1, 0.15) is 21.5 Å². The van der Waals surface area contributed by atoms with Gasteiger partial charge in [0.15, 0.2) is 5.43 Å². The molecule has 0 aromatic heterocycles. The molecule has 1 heterocycles. The van der Waals surface area contributed by atoms with Crippen molar-refractivity contribution in [3.05, 3.63) is 96.6 Å². The molecule has 0 unspecified atom stereocenters. The molecule has 0 amide bonds. The van der Waals surface area contributed by atoms with Crippen molar-refractivity contribution in [3.8, 4) is 33.9 Å². The van der Waals surface area contributed by atoms with Crippen LogP contribution in [0.3, 0.4) is 0 Å². The summed E-state index contributed by atoms with van der Waals surface area (Å²) in [7, 11) is 0. The van der Waals surface area contributed by atoms with Crippen molar-refractivity contribution in [1.82, 2.24) is 0 Å². The van der Waals surface area contributed by atoms with Crippen LogP contribution < -0.4 is 10.2 Å². The molecule has 0 saturated heterocycles. The zero-order valence-corrected chi connectivity index (χ0v) is 27.2. The van der Waals surface area contributed by atoms with Gasteiger partial charge in [-0.15, -0.1) is 0 Å². The first-order valence-electron chi connectivity index (χ1n) is 11.1. The van der Waals surface area contributed by atoms with Crippen molar-refractivity contribution in [1.29, 1.82) is 0 Å². The van der Waals surface area contributed by atoms with E-state index in [9.17, 15) is 14.7 Å². The van der Waals surface area contributed by atoms with E-state index in [0.29, 0.717) is 40.4 Å². The highest BCUT2D eigenvalue weighted by molar-refractivity contribution is 14.1. The van der Waals surface area contributed by atoms with E-state index in [-0.39, 0.29) is 53.9 Å². The number of aryl methyl sites for hydroxylation is 1. The lowest BCUT2D eigenvalue weighted by atomic mass is 9.88. The Balaban J connectivity index is 2.01. The van der Waals surface area contributed by atoms with Gasteiger partial charge in [-0.1, -0.05) is 64.6 Å². The largest absolute Gasteiger partial charge is 0.506 e. The maximum absolute atomic E-state index is 13.7. The summed E-state index contributed by atoms with van der Waals surface area (Å²) < 4.78 is 12.8. The van der Waals surface area contributed by atoms with Crippen LogP contribution in [0.4, 0.5) is 0 Å². The van der Waals surface area contributed by atoms with Gasteiger partial charge < -0.3 is 14.3 Å². The van der Waals surface area contributed by atoms with Crippen LogP contribution in [-0.4, -0.2) is 11.1 Å². The molecule has 11 heteroatoms. The highest BCUT2D eigenvalue weighted by Gasteiger charge is 2.32. The molecular formula is C28H14Cl4I2O5. The van der Waals surface area contributed by atoms with E-state index in [4.69, 9.17) is 55.6 Å². The summed E-state index contributed by atoms with van der Waals surface area (Å²) in [4.78, 5) is 26.6. The minimum Gasteiger partial charge on any atom is -0.506 e. The van der Waals surface area contributed by atoms with Gasteiger partial charge in [0.1, 0.15) is 22.8 Å². The van der Waals surface area contributed by atoms with Gasteiger partial charge in [-0.05, 0) is 83.3 Å². The number of ether oxygens (including phenoxy) is 1. The Hall–Kier alpha value is -1.76. The van der Waals surface area contributed by atoms with Gasteiger partial charge in [0.2, 0.25) is 0 Å². The predicted octanol–water partition coefficient (Wildman–Crippen LogP) is 9.93. The Morgan fingerprint density at radius 3 is 2.18 bits per heavy atom. The van der Waals surface area contributed by atoms with Gasteiger partial charge in [0, 0.05) is 33.2 Å². The zero-order valence-electron chi connectivity index (χ0n) is 19.9. The highest BCUT2D eigenvalue weighted by atomic mass is 127. The number of halogens is 6. The number of aromatic hydroxyl groups is 1. The topological polar surface area (TPSA) is 76.7 Å². The third kappa shape index (κ3) is 4.78. The molecule has 0 saturated carbocycles. The van der Waals surface area contributed by atoms with E-state index >= 15 is 0 Å². The van der Waals surface area contributed by atoms with Crippen molar-refractivity contribution in [2.24, 2.45) is 0 Å². The average molecular weight is 826 g/mol. The second-order valence-corrected chi connectivity index (χ2v) is 12.4. The molecule has 198 valence electrons.